The van der Waals surface area contributed by atoms with Gasteiger partial charge < -0.3 is 10.1 Å². The van der Waals surface area contributed by atoms with E-state index in [-0.39, 0.29) is 5.69 Å². The van der Waals surface area contributed by atoms with Crippen LogP contribution in [0, 0.1) is 6.92 Å². The second kappa shape index (κ2) is 3.55. The van der Waals surface area contributed by atoms with Crippen molar-refractivity contribution in [3.05, 3.63) is 17.2 Å². The van der Waals surface area contributed by atoms with E-state index in [0.29, 0.717) is 11.5 Å². The summed E-state index contributed by atoms with van der Waals surface area (Å²) in [5.41, 5.74) is 0.869. The third-order valence-corrected chi connectivity index (χ3v) is 1.91. The maximum absolute atomic E-state index is 12.2. The van der Waals surface area contributed by atoms with E-state index in [1.54, 1.807) is 6.92 Å². The quantitative estimate of drug-likeness (QED) is 0.749. The minimum absolute atomic E-state index is 0.281. The van der Waals surface area contributed by atoms with Crippen LogP contribution in [0.4, 0.5) is 4.39 Å². The fourth-order valence-electron chi connectivity index (χ4n) is 0.974. The van der Waals surface area contributed by atoms with Crippen molar-refractivity contribution in [2.45, 2.75) is 26.4 Å². The lowest BCUT2D eigenvalue weighted by Gasteiger charge is -1.99. The molecule has 0 spiro atoms. The van der Waals surface area contributed by atoms with Crippen LogP contribution in [0.3, 0.4) is 0 Å². The lowest BCUT2D eigenvalue weighted by atomic mass is 10.2. The first-order valence-electron chi connectivity index (χ1n) is 3.90. The summed E-state index contributed by atoms with van der Waals surface area (Å²) in [6.45, 7) is 2.50. The van der Waals surface area contributed by atoms with Crippen molar-refractivity contribution >= 4 is 5.97 Å². The number of hydrogen-bond donors (Lipinski definition) is 2. The third-order valence-electron chi connectivity index (χ3n) is 1.91. The molecule has 72 valence electrons. The maximum atomic E-state index is 12.2. The number of halogens is 1. The van der Waals surface area contributed by atoms with Crippen LogP contribution in [0.1, 0.15) is 30.1 Å². The molecule has 0 amide bonds. The van der Waals surface area contributed by atoms with Gasteiger partial charge >= 0.3 is 5.97 Å². The van der Waals surface area contributed by atoms with E-state index < -0.39 is 18.6 Å². The summed E-state index contributed by atoms with van der Waals surface area (Å²) < 4.78 is 12.2. The van der Waals surface area contributed by atoms with E-state index in [9.17, 15) is 9.18 Å². The van der Waals surface area contributed by atoms with E-state index in [1.807, 2.05) is 0 Å². The molecule has 5 heteroatoms. The van der Waals surface area contributed by atoms with Crippen LogP contribution in [0.25, 0.3) is 0 Å². The molecule has 4 nitrogen and oxygen atoms in total. The minimum atomic E-state index is -0.973. The Bertz CT molecular complexity index is 322. The molecule has 0 aliphatic carbocycles. The van der Waals surface area contributed by atoms with Gasteiger partial charge in [-0.2, -0.15) is 0 Å². The van der Waals surface area contributed by atoms with Crippen LogP contribution in [-0.4, -0.2) is 21.0 Å². The van der Waals surface area contributed by atoms with Crippen LogP contribution in [-0.2, 0) is 11.5 Å². The summed E-state index contributed by atoms with van der Waals surface area (Å²) in [7, 11) is 0. The Morgan fingerprint density at radius 1 is 1.77 bits per heavy atom. The zero-order valence-corrected chi connectivity index (χ0v) is 7.47. The first kappa shape index (κ1) is 9.70. The van der Waals surface area contributed by atoms with E-state index in [2.05, 4.69) is 9.97 Å². The Labute approximate surface area is 74.8 Å². The second-order valence-corrected chi connectivity index (χ2v) is 2.89. The molecule has 13 heavy (non-hydrogen) atoms. The summed E-state index contributed by atoms with van der Waals surface area (Å²) in [6.07, 6.45) is 0. The molecule has 0 aliphatic heterocycles. The molecule has 1 atom stereocenters. The normalized spacial score (nSPS) is 12.8. The largest absolute Gasteiger partial charge is 0.481 e. The van der Waals surface area contributed by atoms with Gasteiger partial charge in [0.1, 0.15) is 18.4 Å². The minimum Gasteiger partial charge on any atom is -0.481 e. The van der Waals surface area contributed by atoms with Gasteiger partial charge in [-0.1, -0.05) is 0 Å². The number of alkyl halides is 1. The zero-order chi connectivity index (χ0) is 10.0. The smallest absolute Gasteiger partial charge is 0.313 e. The first-order chi connectivity index (χ1) is 6.06. The Balaban J connectivity index is 2.96. The number of carboxylic acids is 1. The number of H-pyrrole nitrogens is 1. The van der Waals surface area contributed by atoms with Crippen molar-refractivity contribution in [3.8, 4) is 0 Å². The molecule has 0 saturated carbocycles. The van der Waals surface area contributed by atoms with Gasteiger partial charge in [0, 0.05) is 5.69 Å². The highest BCUT2D eigenvalue weighted by molar-refractivity contribution is 5.74. The number of nitrogens with zero attached hydrogens (tertiary/aromatic N) is 1. The van der Waals surface area contributed by atoms with Crippen LogP contribution in [0.15, 0.2) is 0 Å². The summed E-state index contributed by atoms with van der Waals surface area (Å²) in [4.78, 5) is 17.1. The van der Waals surface area contributed by atoms with Gasteiger partial charge in [-0.05, 0) is 13.8 Å². The van der Waals surface area contributed by atoms with Gasteiger partial charge in [0.2, 0.25) is 0 Å². The molecule has 1 heterocycles. The topological polar surface area (TPSA) is 66.0 Å². The number of imidazole rings is 1. The van der Waals surface area contributed by atoms with E-state index in [1.165, 1.54) is 6.92 Å². The highest BCUT2D eigenvalue weighted by Gasteiger charge is 2.18. The second-order valence-electron chi connectivity index (χ2n) is 2.89. The Morgan fingerprint density at radius 3 is 2.77 bits per heavy atom. The molecule has 1 aromatic rings. The highest BCUT2D eigenvalue weighted by Crippen LogP contribution is 2.14. The summed E-state index contributed by atoms with van der Waals surface area (Å²) >= 11 is 0. The number of carboxylic acid groups (broad SMARTS) is 1. The van der Waals surface area contributed by atoms with Crippen molar-refractivity contribution in [1.29, 1.82) is 0 Å². The highest BCUT2D eigenvalue weighted by atomic mass is 19.1. The SMILES string of the molecule is Cc1[nH]c(C(C)C(=O)O)nc1CF. The monoisotopic (exact) mass is 186 g/mol. The molecule has 0 bridgehead atoms. The number of aromatic nitrogens is 2. The van der Waals surface area contributed by atoms with Crippen LogP contribution in [0.2, 0.25) is 0 Å². The molecule has 1 aromatic heterocycles. The summed E-state index contributed by atoms with van der Waals surface area (Å²) in [5, 5.41) is 8.65. The van der Waals surface area contributed by atoms with Crippen molar-refractivity contribution in [2.75, 3.05) is 0 Å². The predicted molar refractivity (Wildman–Crippen MR) is 44.2 cm³/mol. The molecule has 2 N–H and O–H groups in total. The summed E-state index contributed by atoms with van der Waals surface area (Å²) in [6, 6.07) is 0. The molecule has 0 fully saturated rings. The Morgan fingerprint density at radius 2 is 2.38 bits per heavy atom. The predicted octanol–water partition coefficient (Wildman–Crippen LogP) is 1.38. The average Bonchev–Trinajstić information content (AvgIpc) is 2.45. The number of hydrogen-bond acceptors (Lipinski definition) is 2. The first-order valence-corrected chi connectivity index (χ1v) is 3.90. The fourth-order valence-corrected chi connectivity index (χ4v) is 0.974. The van der Waals surface area contributed by atoms with Gasteiger partial charge in [0.25, 0.3) is 0 Å². The molecule has 0 aromatic carbocycles. The van der Waals surface area contributed by atoms with Gasteiger partial charge in [-0.3, -0.25) is 4.79 Å². The van der Waals surface area contributed by atoms with Gasteiger partial charge in [0.05, 0.1) is 5.69 Å². The van der Waals surface area contributed by atoms with Crippen LogP contribution >= 0.6 is 0 Å². The Kier molecular flexibility index (Phi) is 2.65. The van der Waals surface area contributed by atoms with Gasteiger partial charge in [-0.25, -0.2) is 9.37 Å². The number of nitrogens with one attached hydrogen (secondary N) is 1. The molecular formula is C8H11FN2O2. The fraction of sp³-hybridized carbons (Fsp3) is 0.500. The van der Waals surface area contributed by atoms with Crippen molar-refractivity contribution < 1.29 is 14.3 Å². The van der Waals surface area contributed by atoms with E-state index in [0.717, 1.165) is 0 Å². The molecule has 0 radical (unpaired) electrons. The summed E-state index contributed by atoms with van der Waals surface area (Å²) in [5.74, 6) is -1.39. The Hall–Kier alpha value is -1.39. The van der Waals surface area contributed by atoms with E-state index in [4.69, 9.17) is 5.11 Å². The van der Waals surface area contributed by atoms with Crippen LogP contribution < -0.4 is 0 Å². The van der Waals surface area contributed by atoms with Crippen molar-refractivity contribution in [2.24, 2.45) is 0 Å². The molecule has 0 aliphatic rings. The molecule has 1 rings (SSSR count). The number of rotatable bonds is 3. The number of carbonyl (C=O) groups is 1. The lowest BCUT2D eigenvalue weighted by Crippen LogP contribution is -2.09. The average molecular weight is 186 g/mol. The zero-order valence-electron chi connectivity index (χ0n) is 7.47. The lowest BCUT2D eigenvalue weighted by molar-refractivity contribution is -0.138. The number of aryl methyl sites for hydroxylation is 1. The third kappa shape index (κ3) is 1.85. The number of aromatic amines is 1. The molecule has 0 saturated heterocycles. The van der Waals surface area contributed by atoms with Crippen molar-refractivity contribution in [1.82, 2.24) is 9.97 Å². The van der Waals surface area contributed by atoms with Gasteiger partial charge in [0.15, 0.2) is 0 Å². The standard InChI is InChI=1S/C8H11FN2O2/c1-4(8(12)13)7-10-5(2)6(3-9)11-7/h4H,3H2,1-2H3,(H,10,11)(H,12,13). The maximum Gasteiger partial charge on any atom is 0.313 e. The van der Waals surface area contributed by atoms with Gasteiger partial charge in [-0.15, -0.1) is 0 Å². The van der Waals surface area contributed by atoms with E-state index >= 15 is 0 Å². The molecule has 1 unspecified atom stereocenters. The number of aliphatic carboxylic acids is 1. The molecular weight excluding hydrogens is 175 g/mol. The van der Waals surface area contributed by atoms with Crippen LogP contribution in [0.5, 0.6) is 0 Å². The van der Waals surface area contributed by atoms with Crippen molar-refractivity contribution in [3.63, 3.8) is 0 Å².